The third kappa shape index (κ3) is 5.17. The minimum Gasteiger partial charge on any atom is -0.175 e. The molecular weight excluding hydrogens is 472 g/mol. The summed E-state index contributed by atoms with van der Waals surface area (Å²) in [5.74, 6) is 0.837. The average Bonchev–Trinajstić information content (AvgIpc) is 2.75. The molecule has 0 radical (unpaired) electrons. The lowest BCUT2D eigenvalue weighted by Crippen LogP contribution is -2.33. The fourth-order valence-electron chi connectivity index (χ4n) is 5.45. The van der Waals surface area contributed by atoms with Crippen LogP contribution in [0.4, 0.5) is 0 Å². The summed E-state index contributed by atoms with van der Waals surface area (Å²) in [4.78, 5) is 0. The molecule has 0 amide bonds. The van der Waals surface area contributed by atoms with E-state index in [0.29, 0.717) is 21.7 Å². The van der Waals surface area contributed by atoms with Gasteiger partial charge in [-0.2, -0.15) is 12.6 Å². The quantitative estimate of drug-likeness (QED) is 0.299. The molecule has 0 aliphatic heterocycles. The van der Waals surface area contributed by atoms with E-state index in [1.165, 1.54) is 47.9 Å². The second kappa shape index (κ2) is 9.14. The summed E-state index contributed by atoms with van der Waals surface area (Å²) < 4.78 is 0. The molecule has 32 heavy (non-hydrogen) atoms. The van der Waals surface area contributed by atoms with Crippen molar-refractivity contribution in [3.63, 3.8) is 0 Å². The van der Waals surface area contributed by atoms with E-state index >= 15 is 0 Å². The molecule has 2 aromatic rings. The normalized spacial score (nSPS) is 21.6. The van der Waals surface area contributed by atoms with E-state index in [2.05, 4.69) is 120 Å². The van der Waals surface area contributed by atoms with Crippen molar-refractivity contribution in [1.29, 1.82) is 0 Å². The largest absolute Gasteiger partial charge is 0.175 e. The molecule has 0 aromatic heterocycles. The number of halogens is 1. The third-order valence-electron chi connectivity index (χ3n) is 8.17. The Hall–Kier alpha value is -0.730. The van der Waals surface area contributed by atoms with Crippen molar-refractivity contribution in [1.82, 2.24) is 0 Å². The van der Waals surface area contributed by atoms with E-state index in [1.807, 2.05) is 0 Å². The van der Waals surface area contributed by atoms with Crippen LogP contribution < -0.4 is 0 Å². The molecule has 0 fully saturated rings. The van der Waals surface area contributed by atoms with Gasteiger partial charge in [0.1, 0.15) is 0 Å². The van der Waals surface area contributed by atoms with Crippen LogP contribution >= 0.6 is 28.6 Å². The van der Waals surface area contributed by atoms with Gasteiger partial charge in [-0.25, -0.2) is 0 Å². The average molecular weight is 516 g/mol. The van der Waals surface area contributed by atoms with Gasteiger partial charge in [0.2, 0.25) is 0 Å². The first-order chi connectivity index (χ1) is 14.7. The molecule has 0 N–H and O–H groups in total. The fraction of sp³-hybridized carbons (Fsp3) is 0.600. The van der Waals surface area contributed by atoms with Crippen molar-refractivity contribution in [2.75, 3.05) is 0 Å². The summed E-state index contributed by atoms with van der Waals surface area (Å²) in [5, 5.41) is 0.955. The number of rotatable bonds is 2. The van der Waals surface area contributed by atoms with Crippen molar-refractivity contribution < 1.29 is 0 Å². The van der Waals surface area contributed by atoms with Gasteiger partial charge in [-0.1, -0.05) is 108 Å². The third-order valence-corrected chi connectivity index (χ3v) is 9.18. The first kappa shape index (κ1) is 25.9. The molecule has 0 saturated carbocycles. The Balaban J connectivity index is 0.000000181. The van der Waals surface area contributed by atoms with Crippen LogP contribution in [0.2, 0.25) is 0 Å². The lowest BCUT2D eigenvalue weighted by Gasteiger charge is -2.42. The van der Waals surface area contributed by atoms with Gasteiger partial charge in [0.05, 0.1) is 0 Å². The lowest BCUT2D eigenvalue weighted by atomic mass is 9.63. The van der Waals surface area contributed by atoms with E-state index in [9.17, 15) is 0 Å². The number of thiol groups is 1. The summed E-state index contributed by atoms with van der Waals surface area (Å²) >= 11 is 7.93. The second-order valence-corrected chi connectivity index (χ2v) is 13.5. The molecular formula is C30H43BrS. The molecule has 2 heteroatoms. The van der Waals surface area contributed by atoms with Gasteiger partial charge in [-0.3, -0.25) is 0 Å². The highest BCUT2D eigenvalue weighted by Gasteiger charge is 2.37. The standard InChI is InChI=1S/C15H21Br.C15H22S/c2*1-14(2)7-8-15(3,4)13-9-11(10-16)5-6-12(13)14/h5-6,9H,7-8,10H2,1-4H3;5-6,9,16H,7-8,10H2,1-4H3. The highest BCUT2D eigenvalue weighted by molar-refractivity contribution is 9.08. The van der Waals surface area contributed by atoms with Gasteiger partial charge in [-0.05, 0) is 80.7 Å². The van der Waals surface area contributed by atoms with Crippen LogP contribution in [-0.2, 0) is 32.7 Å². The molecule has 0 nitrogen and oxygen atoms in total. The summed E-state index contributed by atoms with van der Waals surface area (Å²) in [7, 11) is 0. The Labute approximate surface area is 211 Å². The van der Waals surface area contributed by atoms with E-state index < -0.39 is 0 Å². The van der Waals surface area contributed by atoms with E-state index in [4.69, 9.17) is 0 Å². The summed E-state index contributed by atoms with van der Waals surface area (Å²) in [6.45, 7) is 18.9. The maximum absolute atomic E-state index is 4.38. The predicted octanol–water partition coefficient (Wildman–Crippen LogP) is 9.40. The Kier molecular flexibility index (Phi) is 7.39. The van der Waals surface area contributed by atoms with Gasteiger partial charge in [0, 0.05) is 11.1 Å². The maximum Gasteiger partial charge on any atom is 0.0283 e. The molecule has 2 aliphatic rings. The highest BCUT2D eigenvalue weighted by Crippen LogP contribution is 2.47. The Morgan fingerprint density at radius 2 is 0.938 bits per heavy atom. The number of alkyl halides is 1. The number of fused-ring (bicyclic) bond motifs is 2. The topological polar surface area (TPSA) is 0 Å². The molecule has 4 rings (SSSR count). The smallest absolute Gasteiger partial charge is 0.0283 e. The van der Waals surface area contributed by atoms with Crippen LogP contribution in [0.3, 0.4) is 0 Å². The Morgan fingerprint density at radius 3 is 1.31 bits per heavy atom. The van der Waals surface area contributed by atoms with Crippen LogP contribution in [0.5, 0.6) is 0 Å². The van der Waals surface area contributed by atoms with Crippen LogP contribution in [0.25, 0.3) is 0 Å². The fourth-order valence-corrected chi connectivity index (χ4v) is 6.00. The summed E-state index contributed by atoms with van der Waals surface area (Å²) in [6, 6.07) is 13.9. The van der Waals surface area contributed by atoms with Gasteiger partial charge in [0.15, 0.2) is 0 Å². The molecule has 0 heterocycles. The van der Waals surface area contributed by atoms with Crippen molar-refractivity contribution in [3.05, 3.63) is 69.8 Å². The zero-order chi connectivity index (χ0) is 23.9. The molecule has 0 bridgehead atoms. The minimum atomic E-state index is 0.323. The number of benzene rings is 2. The highest BCUT2D eigenvalue weighted by atomic mass is 79.9. The first-order valence-electron chi connectivity index (χ1n) is 12.2. The van der Waals surface area contributed by atoms with Crippen molar-refractivity contribution in [2.24, 2.45) is 0 Å². The summed E-state index contributed by atoms with van der Waals surface area (Å²) in [6.07, 6.45) is 5.15. The molecule has 2 aromatic carbocycles. The van der Waals surface area contributed by atoms with Crippen molar-refractivity contribution in [2.45, 2.75) is 114 Å². The van der Waals surface area contributed by atoms with Crippen LogP contribution in [-0.4, -0.2) is 0 Å². The maximum atomic E-state index is 4.38. The van der Waals surface area contributed by atoms with E-state index in [1.54, 1.807) is 11.1 Å². The zero-order valence-electron chi connectivity index (χ0n) is 21.5. The first-order valence-corrected chi connectivity index (χ1v) is 13.9. The lowest BCUT2D eigenvalue weighted by molar-refractivity contribution is 0.331. The monoisotopic (exact) mass is 514 g/mol. The van der Waals surface area contributed by atoms with Crippen LogP contribution in [0.1, 0.15) is 114 Å². The molecule has 176 valence electrons. The van der Waals surface area contributed by atoms with Crippen molar-refractivity contribution in [3.8, 4) is 0 Å². The summed E-state index contributed by atoms with van der Waals surface area (Å²) in [5.41, 5.74) is 10.2. The number of hydrogen-bond donors (Lipinski definition) is 1. The molecule has 0 saturated heterocycles. The van der Waals surface area contributed by atoms with Crippen LogP contribution in [0, 0.1) is 0 Å². The SMILES string of the molecule is CC1(C)CCC(C)(C)c2cc(CBr)ccc21.CC1(C)CCC(C)(C)c2cc(CS)ccc21. The van der Waals surface area contributed by atoms with Gasteiger partial charge >= 0.3 is 0 Å². The molecule has 2 aliphatic carbocycles. The van der Waals surface area contributed by atoms with E-state index in [-0.39, 0.29) is 0 Å². The number of hydrogen-bond acceptors (Lipinski definition) is 1. The van der Waals surface area contributed by atoms with Crippen molar-refractivity contribution >= 4 is 28.6 Å². The second-order valence-electron chi connectivity index (χ2n) is 12.6. The predicted molar refractivity (Wildman–Crippen MR) is 149 cm³/mol. The van der Waals surface area contributed by atoms with Crippen LogP contribution in [0.15, 0.2) is 36.4 Å². The molecule has 0 atom stereocenters. The molecule has 0 unspecified atom stereocenters. The Bertz CT molecular complexity index is 885. The molecule has 0 spiro atoms. The van der Waals surface area contributed by atoms with E-state index in [0.717, 1.165) is 11.1 Å². The van der Waals surface area contributed by atoms with Gasteiger partial charge in [0.25, 0.3) is 0 Å². The van der Waals surface area contributed by atoms with Gasteiger partial charge < -0.3 is 0 Å². The Morgan fingerprint density at radius 1 is 0.594 bits per heavy atom. The zero-order valence-corrected chi connectivity index (χ0v) is 24.0. The van der Waals surface area contributed by atoms with Gasteiger partial charge in [-0.15, -0.1) is 0 Å². The minimum absolute atomic E-state index is 0.323.